The molecule has 0 N–H and O–H groups in total. The fourth-order valence-corrected chi connectivity index (χ4v) is 1.51. The molecule has 0 unspecified atom stereocenters. The SMILES string of the molecule is O=Cc1ccc(-c2cccc(F)c2C=O)nc1. The van der Waals surface area contributed by atoms with E-state index < -0.39 is 5.82 Å². The molecule has 1 aromatic heterocycles. The molecular weight excluding hydrogens is 221 g/mol. The third kappa shape index (κ3) is 2.10. The minimum atomic E-state index is -0.584. The van der Waals surface area contributed by atoms with E-state index in [1.807, 2.05) is 0 Å². The summed E-state index contributed by atoms with van der Waals surface area (Å²) in [6.07, 6.45) is 2.50. The Bertz CT molecular complexity index is 564. The number of aromatic nitrogens is 1. The number of halogens is 1. The van der Waals surface area contributed by atoms with Crippen LogP contribution in [0.15, 0.2) is 36.5 Å². The molecule has 17 heavy (non-hydrogen) atoms. The van der Waals surface area contributed by atoms with Crippen LogP contribution in [0.25, 0.3) is 11.3 Å². The Morgan fingerprint density at radius 3 is 2.47 bits per heavy atom. The van der Waals surface area contributed by atoms with E-state index in [9.17, 15) is 14.0 Å². The van der Waals surface area contributed by atoms with Crippen molar-refractivity contribution in [3.8, 4) is 11.3 Å². The first-order chi connectivity index (χ1) is 8.26. The Labute approximate surface area is 96.9 Å². The van der Waals surface area contributed by atoms with Crippen molar-refractivity contribution in [2.24, 2.45) is 0 Å². The van der Waals surface area contributed by atoms with Gasteiger partial charge in [-0.1, -0.05) is 12.1 Å². The maximum absolute atomic E-state index is 13.4. The molecule has 0 spiro atoms. The van der Waals surface area contributed by atoms with Gasteiger partial charge >= 0.3 is 0 Å². The van der Waals surface area contributed by atoms with Gasteiger partial charge in [0.15, 0.2) is 12.6 Å². The summed E-state index contributed by atoms with van der Waals surface area (Å²) in [5.41, 5.74) is 1.27. The van der Waals surface area contributed by atoms with Crippen LogP contribution in [0.5, 0.6) is 0 Å². The second-order valence-corrected chi connectivity index (χ2v) is 3.41. The van der Waals surface area contributed by atoms with E-state index in [0.29, 0.717) is 29.4 Å². The van der Waals surface area contributed by atoms with Crippen LogP contribution in [0.3, 0.4) is 0 Å². The van der Waals surface area contributed by atoms with Gasteiger partial charge in [0.2, 0.25) is 0 Å². The molecule has 0 bridgehead atoms. The monoisotopic (exact) mass is 229 g/mol. The maximum Gasteiger partial charge on any atom is 0.153 e. The molecule has 0 saturated carbocycles. The van der Waals surface area contributed by atoms with Gasteiger partial charge in [-0.3, -0.25) is 14.6 Å². The minimum Gasteiger partial charge on any atom is -0.298 e. The number of nitrogens with zero attached hydrogens (tertiary/aromatic N) is 1. The van der Waals surface area contributed by atoms with Crippen LogP contribution in [0.1, 0.15) is 20.7 Å². The molecule has 2 rings (SSSR count). The summed E-state index contributed by atoms with van der Waals surface area (Å²) < 4.78 is 13.4. The molecule has 0 atom stereocenters. The summed E-state index contributed by atoms with van der Waals surface area (Å²) in [6.45, 7) is 0. The first kappa shape index (κ1) is 11.1. The average Bonchev–Trinajstić information content (AvgIpc) is 2.38. The highest BCUT2D eigenvalue weighted by Crippen LogP contribution is 2.22. The standard InChI is InChI=1S/C13H8FNO2/c14-12-3-1-2-10(11(12)8-17)13-5-4-9(7-16)6-15-13/h1-8H. The predicted octanol–water partition coefficient (Wildman–Crippen LogP) is 2.51. The molecule has 2 aromatic rings. The van der Waals surface area contributed by atoms with Crippen molar-refractivity contribution in [3.05, 3.63) is 53.5 Å². The molecule has 0 amide bonds. The van der Waals surface area contributed by atoms with E-state index in [-0.39, 0.29) is 5.56 Å². The normalized spacial score (nSPS) is 9.94. The van der Waals surface area contributed by atoms with Crippen molar-refractivity contribution in [2.45, 2.75) is 0 Å². The average molecular weight is 229 g/mol. The fourth-order valence-electron chi connectivity index (χ4n) is 1.51. The zero-order chi connectivity index (χ0) is 12.3. The molecule has 0 radical (unpaired) electrons. The van der Waals surface area contributed by atoms with Gasteiger partial charge in [0, 0.05) is 17.3 Å². The number of carbonyl (C=O) groups is 2. The quantitative estimate of drug-likeness (QED) is 0.760. The zero-order valence-corrected chi connectivity index (χ0v) is 8.76. The molecule has 4 heteroatoms. The highest BCUT2D eigenvalue weighted by atomic mass is 19.1. The van der Waals surface area contributed by atoms with Crippen molar-refractivity contribution >= 4 is 12.6 Å². The molecule has 3 nitrogen and oxygen atoms in total. The molecule has 1 heterocycles. The van der Waals surface area contributed by atoms with Gasteiger partial charge in [-0.25, -0.2) is 4.39 Å². The van der Waals surface area contributed by atoms with Crippen LogP contribution in [-0.2, 0) is 0 Å². The number of benzene rings is 1. The van der Waals surface area contributed by atoms with E-state index in [1.165, 1.54) is 18.3 Å². The molecule has 0 aliphatic heterocycles. The van der Waals surface area contributed by atoms with Crippen LogP contribution < -0.4 is 0 Å². The zero-order valence-electron chi connectivity index (χ0n) is 8.76. The maximum atomic E-state index is 13.4. The first-order valence-corrected chi connectivity index (χ1v) is 4.91. The molecular formula is C13H8FNO2. The minimum absolute atomic E-state index is 0.0288. The summed E-state index contributed by atoms with van der Waals surface area (Å²) >= 11 is 0. The van der Waals surface area contributed by atoms with Crippen LogP contribution in [0.4, 0.5) is 4.39 Å². The highest BCUT2D eigenvalue weighted by Gasteiger charge is 2.10. The van der Waals surface area contributed by atoms with Gasteiger partial charge in [0.25, 0.3) is 0 Å². The third-order valence-corrected chi connectivity index (χ3v) is 2.37. The second-order valence-electron chi connectivity index (χ2n) is 3.41. The lowest BCUT2D eigenvalue weighted by Gasteiger charge is -2.04. The van der Waals surface area contributed by atoms with E-state index in [0.717, 1.165) is 0 Å². The molecule has 1 aromatic carbocycles. The summed E-state index contributed by atoms with van der Waals surface area (Å²) in [5, 5.41) is 0. The summed E-state index contributed by atoms with van der Waals surface area (Å²) in [6, 6.07) is 7.47. The van der Waals surface area contributed by atoms with Crippen LogP contribution >= 0.6 is 0 Å². The van der Waals surface area contributed by atoms with Gasteiger partial charge in [-0.2, -0.15) is 0 Å². The Hall–Kier alpha value is -2.36. The number of hydrogen-bond acceptors (Lipinski definition) is 3. The van der Waals surface area contributed by atoms with Crippen molar-refractivity contribution in [3.63, 3.8) is 0 Å². The molecule has 0 aliphatic carbocycles. The van der Waals surface area contributed by atoms with Gasteiger partial charge in [-0.05, 0) is 18.2 Å². The van der Waals surface area contributed by atoms with Crippen LogP contribution in [0.2, 0.25) is 0 Å². The first-order valence-electron chi connectivity index (χ1n) is 4.91. The van der Waals surface area contributed by atoms with Crippen molar-refractivity contribution in [2.75, 3.05) is 0 Å². The molecule has 84 valence electrons. The molecule has 0 saturated heterocycles. The van der Waals surface area contributed by atoms with Crippen LogP contribution in [-0.4, -0.2) is 17.6 Å². The van der Waals surface area contributed by atoms with Gasteiger partial charge in [-0.15, -0.1) is 0 Å². The van der Waals surface area contributed by atoms with Crippen molar-refractivity contribution < 1.29 is 14.0 Å². The van der Waals surface area contributed by atoms with E-state index >= 15 is 0 Å². The molecule has 0 aliphatic rings. The number of hydrogen-bond donors (Lipinski definition) is 0. The Morgan fingerprint density at radius 2 is 1.88 bits per heavy atom. The van der Waals surface area contributed by atoms with E-state index in [2.05, 4.69) is 4.98 Å². The number of rotatable bonds is 3. The Balaban J connectivity index is 2.55. The summed E-state index contributed by atoms with van der Waals surface area (Å²) in [7, 11) is 0. The highest BCUT2D eigenvalue weighted by molar-refractivity contribution is 5.87. The lowest BCUT2D eigenvalue weighted by Crippen LogP contribution is -1.94. The summed E-state index contributed by atoms with van der Waals surface area (Å²) in [4.78, 5) is 25.3. The third-order valence-electron chi connectivity index (χ3n) is 2.37. The lowest BCUT2D eigenvalue weighted by atomic mass is 10.0. The number of pyridine rings is 1. The predicted molar refractivity (Wildman–Crippen MR) is 60.4 cm³/mol. The van der Waals surface area contributed by atoms with Crippen molar-refractivity contribution in [1.82, 2.24) is 4.98 Å². The number of carbonyl (C=O) groups excluding carboxylic acids is 2. The topological polar surface area (TPSA) is 47.0 Å². The van der Waals surface area contributed by atoms with Gasteiger partial charge in [0.05, 0.1) is 11.3 Å². The Kier molecular flexibility index (Phi) is 3.05. The lowest BCUT2D eigenvalue weighted by molar-refractivity contribution is 0.111. The van der Waals surface area contributed by atoms with E-state index in [4.69, 9.17) is 0 Å². The van der Waals surface area contributed by atoms with Crippen molar-refractivity contribution in [1.29, 1.82) is 0 Å². The summed E-state index contributed by atoms with van der Waals surface area (Å²) in [5.74, 6) is -0.584. The van der Waals surface area contributed by atoms with E-state index in [1.54, 1.807) is 18.2 Å². The van der Waals surface area contributed by atoms with Gasteiger partial charge < -0.3 is 0 Å². The molecule has 0 fully saturated rings. The number of aldehydes is 2. The smallest absolute Gasteiger partial charge is 0.153 e. The Morgan fingerprint density at radius 1 is 1.06 bits per heavy atom. The second kappa shape index (κ2) is 4.65. The van der Waals surface area contributed by atoms with Crippen LogP contribution in [0, 0.1) is 5.82 Å². The fraction of sp³-hybridized carbons (Fsp3) is 0. The van der Waals surface area contributed by atoms with Gasteiger partial charge in [0.1, 0.15) is 5.82 Å². The largest absolute Gasteiger partial charge is 0.298 e.